The molecule has 98 valence electrons. The third kappa shape index (κ3) is 3.90. The molecule has 0 unspecified atom stereocenters. The van der Waals surface area contributed by atoms with Gasteiger partial charge in [-0.3, -0.25) is 4.79 Å². The predicted molar refractivity (Wildman–Crippen MR) is 82.6 cm³/mol. The summed E-state index contributed by atoms with van der Waals surface area (Å²) in [5.74, 6) is -0.234. The molecule has 2 aromatic carbocycles. The number of hydrogen-bond donors (Lipinski definition) is 1. The normalized spacial score (nSPS) is 10.3. The Morgan fingerprint density at radius 3 is 2.42 bits per heavy atom. The standard InChI is InChI=1S/C14H11Cl2NOS/c1-19-13-4-2-3-12(8-13)17-14(18)9-5-10(15)7-11(16)6-9/h2-8H,1H3,(H,17,18). The van der Waals surface area contributed by atoms with Crippen molar-refractivity contribution in [3.05, 3.63) is 58.1 Å². The maximum Gasteiger partial charge on any atom is 0.255 e. The van der Waals surface area contributed by atoms with Crippen LogP contribution in [-0.2, 0) is 0 Å². The molecule has 0 saturated carbocycles. The summed E-state index contributed by atoms with van der Waals surface area (Å²) in [7, 11) is 0. The summed E-state index contributed by atoms with van der Waals surface area (Å²) in [4.78, 5) is 13.2. The largest absolute Gasteiger partial charge is 0.322 e. The third-order valence-electron chi connectivity index (χ3n) is 2.45. The quantitative estimate of drug-likeness (QED) is 0.811. The van der Waals surface area contributed by atoms with Crippen LogP contribution in [0.15, 0.2) is 47.4 Å². The fourth-order valence-electron chi connectivity index (χ4n) is 1.59. The number of amides is 1. The number of rotatable bonds is 3. The van der Waals surface area contributed by atoms with Crippen molar-refractivity contribution in [2.75, 3.05) is 11.6 Å². The molecule has 1 N–H and O–H groups in total. The number of hydrogen-bond acceptors (Lipinski definition) is 2. The van der Waals surface area contributed by atoms with Gasteiger partial charge in [-0.1, -0.05) is 29.3 Å². The highest BCUT2D eigenvalue weighted by Crippen LogP contribution is 2.22. The van der Waals surface area contributed by atoms with Crippen molar-refractivity contribution in [3.8, 4) is 0 Å². The molecule has 0 aliphatic heterocycles. The summed E-state index contributed by atoms with van der Waals surface area (Å²) >= 11 is 13.4. The van der Waals surface area contributed by atoms with Crippen molar-refractivity contribution in [2.24, 2.45) is 0 Å². The Bertz CT molecular complexity index is 596. The van der Waals surface area contributed by atoms with Crippen molar-refractivity contribution in [3.63, 3.8) is 0 Å². The molecule has 0 aromatic heterocycles. The van der Waals surface area contributed by atoms with Crippen LogP contribution in [0.2, 0.25) is 10.0 Å². The van der Waals surface area contributed by atoms with Crippen LogP contribution in [0.4, 0.5) is 5.69 Å². The zero-order valence-corrected chi connectivity index (χ0v) is 12.4. The Balaban J connectivity index is 2.20. The lowest BCUT2D eigenvalue weighted by molar-refractivity contribution is 0.102. The fraction of sp³-hybridized carbons (Fsp3) is 0.0714. The minimum absolute atomic E-state index is 0.234. The zero-order valence-electron chi connectivity index (χ0n) is 10.1. The third-order valence-corrected chi connectivity index (χ3v) is 3.61. The van der Waals surface area contributed by atoms with E-state index < -0.39 is 0 Å². The van der Waals surface area contributed by atoms with Gasteiger partial charge in [-0.2, -0.15) is 0 Å². The SMILES string of the molecule is CSc1cccc(NC(=O)c2cc(Cl)cc(Cl)c2)c1. The van der Waals surface area contributed by atoms with Gasteiger partial charge in [0.05, 0.1) is 0 Å². The van der Waals surface area contributed by atoms with E-state index in [-0.39, 0.29) is 5.91 Å². The van der Waals surface area contributed by atoms with Crippen molar-refractivity contribution in [2.45, 2.75) is 4.90 Å². The molecular formula is C14H11Cl2NOS. The summed E-state index contributed by atoms with van der Waals surface area (Å²) in [6, 6.07) is 12.4. The van der Waals surface area contributed by atoms with E-state index in [1.165, 1.54) is 0 Å². The fourth-order valence-corrected chi connectivity index (χ4v) is 2.57. The summed E-state index contributed by atoms with van der Waals surface area (Å²) in [6.07, 6.45) is 1.98. The second kappa shape index (κ2) is 6.33. The molecule has 0 atom stereocenters. The van der Waals surface area contributed by atoms with Crippen molar-refractivity contribution in [1.29, 1.82) is 0 Å². The molecule has 0 heterocycles. The van der Waals surface area contributed by atoms with Gasteiger partial charge in [0, 0.05) is 26.2 Å². The second-order valence-corrected chi connectivity index (χ2v) is 5.60. The van der Waals surface area contributed by atoms with E-state index in [2.05, 4.69) is 5.32 Å². The Labute approximate surface area is 126 Å². The van der Waals surface area contributed by atoms with Gasteiger partial charge >= 0.3 is 0 Å². The van der Waals surface area contributed by atoms with Crippen LogP contribution in [0.3, 0.4) is 0 Å². The highest BCUT2D eigenvalue weighted by atomic mass is 35.5. The van der Waals surface area contributed by atoms with Crippen LogP contribution in [0, 0.1) is 0 Å². The highest BCUT2D eigenvalue weighted by molar-refractivity contribution is 7.98. The summed E-state index contributed by atoms with van der Waals surface area (Å²) in [5.41, 5.74) is 1.18. The average Bonchev–Trinajstić information content (AvgIpc) is 2.37. The van der Waals surface area contributed by atoms with E-state index in [1.54, 1.807) is 30.0 Å². The second-order valence-electron chi connectivity index (χ2n) is 3.84. The van der Waals surface area contributed by atoms with Crippen molar-refractivity contribution < 1.29 is 4.79 Å². The van der Waals surface area contributed by atoms with Gasteiger partial charge < -0.3 is 5.32 Å². The molecule has 1 amide bonds. The Morgan fingerprint density at radius 1 is 1.11 bits per heavy atom. The molecule has 2 aromatic rings. The lowest BCUT2D eigenvalue weighted by Crippen LogP contribution is -2.11. The maximum absolute atomic E-state index is 12.1. The molecule has 0 saturated heterocycles. The maximum atomic E-state index is 12.1. The first-order valence-electron chi connectivity index (χ1n) is 5.50. The van der Waals surface area contributed by atoms with Crippen LogP contribution in [0.5, 0.6) is 0 Å². The van der Waals surface area contributed by atoms with E-state index in [0.29, 0.717) is 15.6 Å². The van der Waals surface area contributed by atoms with E-state index in [4.69, 9.17) is 23.2 Å². The number of thioether (sulfide) groups is 1. The Morgan fingerprint density at radius 2 is 1.79 bits per heavy atom. The molecule has 5 heteroatoms. The van der Waals surface area contributed by atoms with Gasteiger partial charge in [-0.05, 0) is 42.7 Å². The number of carbonyl (C=O) groups is 1. The highest BCUT2D eigenvalue weighted by Gasteiger charge is 2.08. The van der Waals surface area contributed by atoms with Crippen molar-refractivity contribution >= 4 is 46.6 Å². The molecule has 19 heavy (non-hydrogen) atoms. The smallest absolute Gasteiger partial charge is 0.255 e. The summed E-state index contributed by atoms with van der Waals surface area (Å²) in [6.45, 7) is 0. The first-order chi connectivity index (χ1) is 9.08. The number of benzene rings is 2. The lowest BCUT2D eigenvalue weighted by Gasteiger charge is -2.07. The van der Waals surface area contributed by atoms with E-state index >= 15 is 0 Å². The molecule has 0 spiro atoms. The monoisotopic (exact) mass is 311 g/mol. The first-order valence-corrected chi connectivity index (χ1v) is 7.48. The van der Waals surface area contributed by atoms with Crippen LogP contribution in [-0.4, -0.2) is 12.2 Å². The lowest BCUT2D eigenvalue weighted by atomic mass is 10.2. The molecule has 0 bridgehead atoms. The van der Waals surface area contributed by atoms with Gasteiger partial charge in [0.2, 0.25) is 0 Å². The van der Waals surface area contributed by atoms with Gasteiger partial charge in [0.15, 0.2) is 0 Å². The zero-order chi connectivity index (χ0) is 13.8. The topological polar surface area (TPSA) is 29.1 Å². The number of nitrogens with one attached hydrogen (secondary N) is 1. The summed E-state index contributed by atoms with van der Waals surface area (Å²) in [5, 5.41) is 3.70. The van der Waals surface area contributed by atoms with Crippen LogP contribution < -0.4 is 5.32 Å². The van der Waals surface area contributed by atoms with E-state index in [9.17, 15) is 4.79 Å². The van der Waals surface area contributed by atoms with Gasteiger partial charge in [-0.25, -0.2) is 0 Å². The minimum atomic E-state index is -0.234. The summed E-state index contributed by atoms with van der Waals surface area (Å²) < 4.78 is 0. The minimum Gasteiger partial charge on any atom is -0.322 e. The van der Waals surface area contributed by atoms with Crippen LogP contribution >= 0.6 is 35.0 Å². The Kier molecular flexibility index (Phi) is 4.75. The molecule has 0 aliphatic carbocycles. The van der Waals surface area contributed by atoms with Gasteiger partial charge in [-0.15, -0.1) is 11.8 Å². The first kappa shape index (κ1) is 14.3. The van der Waals surface area contributed by atoms with Crippen molar-refractivity contribution in [1.82, 2.24) is 0 Å². The molecular weight excluding hydrogens is 301 g/mol. The van der Waals surface area contributed by atoms with Crippen LogP contribution in [0.1, 0.15) is 10.4 Å². The number of anilines is 1. The average molecular weight is 312 g/mol. The van der Waals surface area contributed by atoms with Crippen LogP contribution in [0.25, 0.3) is 0 Å². The molecule has 0 fully saturated rings. The molecule has 2 rings (SSSR count). The Hall–Kier alpha value is -1.16. The van der Waals surface area contributed by atoms with E-state index in [1.807, 2.05) is 30.5 Å². The molecule has 2 nitrogen and oxygen atoms in total. The number of carbonyl (C=O) groups excluding carboxylic acids is 1. The molecule has 0 radical (unpaired) electrons. The van der Waals surface area contributed by atoms with Gasteiger partial charge in [0.1, 0.15) is 0 Å². The molecule has 0 aliphatic rings. The predicted octanol–water partition coefficient (Wildman–Crippen LogP) is 4.97. The van der Waals surface area contributed by atoms with Gasteiger partial charge in [0.25, 0.3) is 5.91 Å². The number of halogens is 2. The van der Waals surface area contributed by atoms with E-state index in [0.717, 1.165) is 10.6 Å².